The minimum atomic E-state index is -0.537. The molecule has 2 N–H and O–H groups in total. The Morgan fingerprint density at radius 3 is 2.40 bits per heavy atom. The van der Waals surface area contributed by atoms with Crippen molar-refractivity contribution in [2.24, 2.45) is 11.7 Å². The Hall–Kier alpha value is -1.35. The summed E-state index contributed by atoms with van der Waals surface area (Å²) in [7, 11) is 1.90. The predicted molar refractivity (Wildman–Crippen MR) is 82.2 cm³/mol. The maximum absolute atomic E-state index is 12.5. The second-order valence-electron chi connectivity index (χ2n) is 5.92. The van der Waals surface area contributed by atoms with Crippen molar-refractivity contribution in [2.45, 2.75) is 51.1 Å². The molecule has 0 aromatic heterocycles. The Labute approximate surface area is 122 Å². The average molecular weight is 274 g/mol. The highest BCUT2D eigenvalue weighted by Crippen LogP contribution is 2.29. The standard InChI is InChI=1S/C17H26N2O/c1-3-13-9-11-15(12-10-13)19(2)17(20)16(18)14-7-5-4-6-8-14/h4-8,13,15-16H,3,9-12,18H2,1-2H3/t13?,15?,16-/m1/s1. The Morgan fingerprint density at radius 1 is 1.25 bits per heavy atom. The lowest BCUT2D eigenvalue weighted by Crippen LogP contribution is -2.43. The summed E-state index contributed by atoms with van der Waals surface area (Å²) >= 11 is 0. The number of carbonyl (C=O) groups is 1. The molecule has 0 unspecified atom stereocenters. The van der Waals surface area contributed by atoms with Gasteiger partial charge in [0.25, 0.3) is 0 Å². The molecule has 1 amide bonds. The molecule has 0 spiro atoms. The van der Waals surface area contributed by atoms with E-state index in [2.05, 4.69) is 6.92 Å². The number of carbonyl (C=O) groups excluding carboxylic acids is 1. The van der Waals surface area contributed by atoms with Gasteiger partial charge >= 0.3 is 0 Å². The molecule has 0 aliphatic heterocycles. The van der Waals surface area contributed by atoms with Crippen molar-refractivity contribution in [3.63, 3.8) is 0 Å². The zero-order valence-corrected chi connectivity index (χ0v) is 12.6. The van der Waals surface area contributed by atoms with Crippen LogP contribution in [0.3, 0.4) is 0 Å². The number of nitrogens with two attached hydrogens (primary N) is 1. The number of hydrogen-bond donors (Lipinski definition) is 1. The topological polar surface area (TPSA) is 46.3 Å². The van der Waals surface area contributed by atoms with Crippen LogP contribution < -0.4 is 5.73 Å². The molecule has 110 valence electrons. The lowest BCUT2D eigenvalue weighted by atomic mass is 9.84. The second kappa shape index (κ2) is 6.89. The summed E-state index contributed by atoms with van der Waals surface area (Å²) in [6.07, 6.45) is 5.96. The van der Waals surface area contributed by atoms with Gasteiger partial charge in [0.15, 0.2) is 0 Å². The van der Waals surface area contributed by atoms with E-state index >= 15 is 0 Å². The van der Waals surface area contributed by atoms with Gasteiger partial charge in [-0.25, -0.2) is 0 Å². The smallest absolute Gasteiger partial charge is 0.244 e. The molecule has 3 nitrogen and oxygen atoms in total. The molecule has 1 aliphatic rings. The highest BCUT2D eigenvalue weighted by molar-refractivity contribution is 5.83. The lowest BCUT2D eigenvalue weighted by molar-refractivity contribution is -0.134. The Bertz CT molecular complexity index is 424. The summed E-state index contributed by atoms with van der Waals surface area (Å²) in [5, 5.41) is 0. The predicted octanol–water partition coefficient (Wildman–Crippen LogP) is 3.11. The van der Waals surface area contributed by atoms with E-state index in [1.54, 1.807) is 0 Å². The van der Waals surface area contributed by atoms with E-state index in [1.165, 1.54) is 19.3 Å². The molecule has 3 heteroatoms. The number of amides is 1. The van der Waals surface area contributed by atoms with Crippen LogP contribution in [-0.4, -0.2) is 23.9 Å². The van der Waals surface area contributed by atoms with Gasteiger partial charge in [-0.2, -0.15) is 0 Å². The molecule has 1 atom stereocenters. The summed E-state index contributed by atoms with van der Waals surface area (Å²) < 4.78 is 0. The third-order valence-electron chi connectivity index (χ3n) is 4.71. The number of nitrogens with zero attached hydrogens (tertiary/aromatic N) is 1. The molecule has 0 bridgehead atoms. The minimum absolute atomic E-state index is 0.0381. The first kappa shape index (κ1) is 15.0. The van der Waals surface area contributed by atoms with Gasteiger partial charge in [0.1, 0.15) is 6.04 Å². The lowest BCUT2D eigenvalue weighted by Gasteiger charge is -2.35. The minimum Gasteiger partial charge on any atom is -0.341 e. The summed E-state index contributed by atoms with van der Waals surface area (Å²) in [5.74, 6) is 0.883. The van der Waals surface area contributed by atoms with Crippen LogP contribution in [0, 0.1) is 5.92 Å². The van der Waals surface area contributed by atoms with Crippen molar-refractivity contribution in [1.29, 1.82) is 0 Å². The Kier molecular flexibility index (Phi) is 5.18. The SMILES string of the molecule is CCC1CCC(N(C)C(=O)[C@H](N)c2ccccc2)CC1. The van der Waals surface area contributed by atoms with Gasteiger partial charge in [-0.1, -0.05) is 43.7 Å². The molecular formula is C17H26N2O. The highest BCUT2D eigenvalue weighted by Gasteiger charge is 2.28. The molecule has 20 heavy (non-hydrogen) atoms. The number of likely N-dealkylation sites (N-methyl/N-ethyl adjacent to an activating group) is 1. The molecule has 1 aromatic rings. The van der Waals surface area contributed by atoms with Crippen LogP contribution in [0.2, 0.25) is 0 Å². The third kappa shape index (κ3) is 3.40. The fourth-order valence-electron chi connectivity index (χ4n) is 3.14. The van der Waals surface area contributed by atoms with Crippen molar-refractivity contribution < 1.29 is 4.79 Å². The molecule has 2 rings (SSSR count). The van der Waals surface area contributed by atoms with Gasteiger partial charge < -0.3 is 10.6 Å². The van der Waals surface area contributed by atoms with Crippen LogP contribution in [0.4, 0.5) is 0 Å². The molecule has 1 saturated carbocycles. The molecule has 1 fully saturated rings. The van der Waals surface area contributed by atoms with Crippen molar-refractivity contribution >= 4 is 5.91 Å². The van der Waals surface area contributed by atoms with Gasteiger partial charge in [-0.05, 0) is 37.2 Å². The Morgan fingerprint density at radius 2 is 1.85 bits per heavy atom. The highest BCUT2D eigenvalue weighted by atomic mass is 16.2. The zero-order valence-electron chi connectivity index (χ0n) is 12.6. The van der Waals surface area contributed by atoms with Crippen molar-refractivity contribution in [3.8, 4) is 0 Å². The molecular weight excluding hydrogens is 248 g/mol. The average Bonchev–Trinajstić information content (AvgIpc) is 2.53. The van der Waals surface area contributed by atoms with Gasteiger partial charge in [-0.15, -0.1) is 0 Å². The van der Waals surface area contributed by atoms with Gasteiger partial charge in [0.2, 0.25) is 5.91 Å². The Balaban J connectivity index is 1.95. The maximum atomic E-state index is 12.5. The summed E-state index contributed by atoms with van der Waals surface area (Å²) in [4.78, 5) is 14.4. The molecule has 1 aromatic carbocycles. The van der Waals surface area contributed by atoms with Gasteiger partial charge in [0.05, 0.1) is 0 Å². The first-order valence-corrected chi connectivity index (χ1v) is 7.70. The van der Waals surface area contributed by atoms with Crippen LogP contribution in [0.15, 0.2) is 30.3 Å². The third-order valence-corrected chi connectivity index (χ3v) is 4.71. The molecule has 0 heterocycles. The van der Waals surface area contributed by atoms with Crippen LogP contribution in [0.25, 0.3) is 0 Å². The molecule has 0 saturated heterocycles. The number of hydrogen-bond acceptors (Lipinski definition) is 2. The van der Waals surface area contributed by atoms with Crippen LogP contribution >= 0.6 is 0 Å². The summed E-state index contributed by atoms with van der Waals surface area (Å²) in [6, 6.07) is 9.46. The van der Waals surface area contributed by atoms with Crippen molar-refractivity contribution in [3.05, 3.63) is 35.9 Å². The maximum Gasteiger partial charge on any atom is 0.244 e. The summed E-state index contributed by atoms with van der Waals surface area (Å²) in [6.45, 7) is 2.26. The number of benzene rings is 1. The molecule has 0 radical (unpaired) electrons. The molecule has 1 aliphatic carbocycles. The van der Waals surface area contributed by atoms with Crippen LogP contribution in [0.5, 0.6) is 0 Å². The van der Waals surface area contributed by atoms with E-state index in [0.717, 1.165) is 24.3 Å². The van der Waals surface area contributed by atoms with E-state index in [-0.39, 0.29) is 5.91 Å². The zero-order chi connectivity index (χ0) is 14.5. The van der Waals surface area contributed by atoms with Gasteiger partial charge in [0, 0.05) is 13.1 Å². The van der Waals surface area contributed by atoms with Crippen LogP contribution in [0.1, 0.15) is 50.6 Å². The largest absolute Gasteiger partial charge is 0.341 e. The fourth-order valence-corrected chi connectivity index (χ4v) is 3.14. The summed E-state index contributed by atoms with van der Waals surface area (Å²) in [5.41, 5.74) is 7.00. The van der Waals surface area contributed by atoms with E-state index in [1.807, 2.05) is 42.3 Å². The van der Waals surface area contributed by atoms with Crippen molar-refractivity contribution in [1.82, 2.24) is 4.90 Å². The van der Waals surface area contributed by atoms with E-state index in [4.69, 9.17) is 5.73 Å². The number of rotatable bonds is 4. The van der Waals surface area contributed by atoms with Crippen LogP contribution in [-0.2, 0) is 4.79 Å². The fraction of sp³-hybridized carbons (Fsp3) is 0.588. The second-order valence-corrected chi connectivity index (χ2v) is 5.92. The normalized spacial score (nSPS) is 24.1. The monoisotopic (exact) mass is 274 g/mol. The van der Waals surface area contributed by atoms with E-state index in [0.29, 0.717) is 6.04 Å². The first-order chi connectivity index (χ1) is 9.63. The van der Waals surface area contributed by atoms with E-state index < -0.39 is 6.04 Å². The van der Waals surface area contributed by atoms with E-state index in [9.17, 15) is 4.79 Å². The first-order valence-electron chi connectivity index (χ1n) is 7.70. The van der Waals surface area contributed by atoms with Crippen molar-refractivity contribution in [2.75, 3.05) is 7.05 Å². The van der Waals surface area contributed by atoms with Gasteiger partial charge in [-0.3, -0.25) is 4.79 Å². The quantitative estimate of drug-likeness (QED) is 0.917.